The van der Waals surface area contributed by atoms with Gasteiger partial charge in [-0.1, -0.05) is 39.0 Å². The summed E-state index contributed by atoms with van der Waals surface area (Å²) in [5.41, 5.74) is 1.06. The number of phosphoric ester groups is 1. The molecule has 12 heteroatoms. The van der Waals surface area contributed by atoms with E-state index in [1.807, 2.05) is 0 Å². The van der Waals surface area contributed by atoms with Gasteiger partial charge in [0.05, 0.1) is 12.9 Å². The van der Waals surface area contributed by atoms with Crippen molar-refractivity contribution >= 4 is 24.8 Å². The van der Waals surface area contributed by atoms with E-state index >= 15 is 0 Å². The zero-order chi connectivity index (χ0) is 21.1. The van der Waals surface area contributed by atoms with Gasteiger partial charge in [-0.15, -0.1) is 0 Å². The predicted octanol–water partition coefficient (Wildman–Crippen LogP) is 2.37. The van der Waals surface area contributed by atoms with E-state index in [9.17, 15) is 14.6 Å². The molecular weight excluding hydrogens is 413 g/mol. The molecule has 0 aromatic carbocycles. The molecule has 0 spiro atoms. The van der Waals surface area contributed by atoms with Crippen LogP contribution < -0.4 is 5.32 Å². The topological polar surface area (TPSA) is 141 Å². The van der Waals surface area contributed by atoms with Crippen LogP contribution >= 0.6 is 7.82 Å². The van der Waals surface area contributed by atoms with Crippen molar-refractivity contribution in [1.29, 1.82) is 0 Å². The molecule has 30 heavy (non-hydrogen) atoms. The zero-order valence-electron chi connectivity index (χ0n) is 16.9. The minimum Gasteiger partial charge on any atom is -0.386 e. The first kappa shape index (κ1) is 21.6. The summed E-state index contributed by atoms with van der Waals surface area (Å²) in [6.07, 6.45) is 6.49. The van der Waals surface area contributed by atoms with Crippen LogP contribution in [-0.2, 0) is 18.3 Å². The lowest BCUT2D eigenvalue weighted by Gasteiger charge is -2.27. The predicted molar refractivity (Wildman–Crippen MR) is 108 cm³/mol. The molecule has 4 rings (SSSR count). The summed E-state index contributed by atoms with van der Waals surface area (Å²) in [6.45, 7) is 2.85. The van der Waals surface area contributed by atoms with E-state index in [0.717, 1.165) is 19.4 Å². The normalized spacial score (nSPS) is 31.2. The SMILES string of the molecule is CCCCCCCCNc1ncnc2c1ncn2[C@@H]1O[C@@H]2COP(=O)(O)O[C@H]2[C@H]1O. The number of aromatic nitrogens is 4. The number of rotatable bonds is 9. The second kappa shape index (κ2) is 9.25. The first-order valence-corrected chi connectivity index (χ1v) is 11.9. The number of phosphoric acid groups is 1. The smallest absolute Gasteiger partial charge is 0.386 e. The Morgan fingerprint density at radius 3 is 2.87 bits per heavy atom. The molecule has 2 fully saturated rings. The van der Waals surface area contributed by atoms with Crippen LogP contribution in [0.1, 0.15) is 51.7 Å². The lowest BCUT2D eigenvalue weighted by Crippen LogP contribution is -2.39. The van der Waals surface area contributed by atoms with Crippen LogP contribution in [0.5, 0.6) is 0 Å². The number of imidazole rings is 1. The van der Waals surface area contributed by atoms with Crippen LogP contribution in [0, 0.1) is 0 Å². The van der Waals surface area contributed by atoms with E-state index < -0.39 is 32.4 Å². The third-order valence-corrected chi connectivity index (χ3v) is 6.41. The lowest BCUT2D eigenvalue weighted by molar-refractivity contribution is -0.0664. The Balaban J connectivity index is 1.43. The van der Waals surface area contributed by atoms with E-state index in [-0.39, 0.29) is 6.61 Å². The summed E-state index contributed by atoms with van der Waals surface area (Å²) >= 11 is 0. The van der Waals surface area contributed by atoms with Gasteiger partial charge in [-0.3, -0.25) is 13.6 Å². The highest BCUT2D eigenvalue weighted by Crippen LogP contribution is 2.52. The average molecular weight is 441 g/mol. The van der Waals surface area contributed by atoms with Gasteiger partial charge in [-0.2, -0.15) is 0 Å². The maximum Gasteiger partial charge on any atom is 0.472 e. The maximum absolute atomic E-state index is 11.7. The molecule has 0 aliphatic carbocycles. The second-order valence-corrected chi connectivity index (χ2v) is 9.04. The number of unbranched alkanes of at least 4 members (excludes halogenated alkanes) is 5. The van der Waals surface area contributed by atoms with Crippen molar-refractivity contribution in [3.05, 3.63) is 12.7 Å². The molecule has 1 unspecified atom stereocenters. The van der Waals surface area contributed by atoms with Crippen LogP contribution in [0.2, 0.25) is 0 Å². The first-order chi connectivity index (χ1) is 14.5. The van der Waals surface area contributed by atoms with Gasteiger partial charge in [-0.05, 0) is 6.42 Å². The van der Waals surface area contributed by atoms with Crippen LogP contribution in [0.25, 0.3) is 11.2 Å². The van der Waals surface area contributed by atoms with E-state index in [0.29, 0.717) is 17.0 Å². The molecule has 166 valence electrons. The number of hydrogen-bond donors (Lipinski definition) is 3. The fourth-order valence-corrected chi connectivity index (χ4v) is 4.81. The molecule has 2 aliphatic heterocycles. The largest absolute Gasteiger partial charge is 0.472 e. The van der Waals surface area contributed by atoms with Gasteiger partial charge in [0, 0.05) is 6.54 Å². The number of hydrogen-bond acceptors (Lipinski definition) is 9. The monoisotopic (exact) mass is 441 g/mol. The maximum atomic E-state index is 11.7. The van der Waals surface area contributed by atoms with E-state index in [1.54, 1.807) is 4.57 Å². The molecule has 2 aromatic heterocycles. The molecule has 11 nitrogen and oxygen atoms in total. The standard InChI is InChI=1S/C18H28N5O6P/c1-2-3-4-5-6-7-8-19-16-13-17(21-10-20-16)23(11-22-13)18-14(24)15-12(28-18)9-27-30(25,26)29-15/h10-12,14-15,18,24H,2-9H2,1H3,(H,25,26)(H,19,20,21)/t12-,14-,15-,18-/m1/s1. The first-order valence-electron chi connectivity index (χ1n) is 10.4. The van der Waals surface area contributed by atoms with Crippen LogP contribution in [0.3, 0.4) is 0 Å². The summed E-state index contributed by atoms with van der Waals surface area (Å²) < 4.78 is 28.9. The van der Waals surface area contributed by atoms with Crippen LogP contribution in [0.4, 0.5) is 5.82 Å². The Morgan fingerprint density at radius 1 is 1.23 bits per heavy atom. The van der Waals surface area contributed by atoms with E-state index in [2.05, 4.69) is 27.2 Å². The van der Waals surface area contributed by atoms with Gasteiger partial charge in [0.2, 0.25) is 0 Å². The number of fused-ring (bicyclic) bond motifs is 2. The molecule has 0 radical (unpaired) electrons. The van der Waals surface area contributed by atoms with Gasteiger partial charge in [0.1, 0.15) is 24.6 Å². The zero-order valence-corrected chi connectivity index (χ0v) is 17.8. The Hall–Kier alpha value is -1.62. The minimum atomic E-state index is -4.18. The Labute approximate surface area is 174 Å². The lowest BCUT2D eigenvalue weighted by atomic mass is 10.1. The van der Waals surface area contributed by atoms with E-state index in [4.69, 9.17) is 13.8 Å². The Kier molecular flexibility index (Phi) is 6.66. The molecular formula is C18H28N5O6P. The van der Waals surface area contributed by atoms with Crippen LogP contribution in [0.15, 0.2) is 12.7 Å². The van der Waals surface area contributed by atoms with E-state index in [1.165, 1.54) is 38.3 Å². The second-order valence-electron chi connectivity index (χ2n) is 7.63. The van der Waals surface area contributed by atoms with Crippen molar-refractivity contribution in [2.45, 2.75) is 70.0 Å². The molecule has 4 heterocycles. The number of nitrogens with one attached hydrogen (secondary N) is 1. The molecule has 5 atom stereocenters. The highest BCUT2D eigenvalue weighted by atomic mass is 31.2. The number of anilines is 1. The molecule has 0 saturated carbocycles. The van der Waals surface area contributed by atoms with Crippen LogP contribution in [-0.4, -0.2) is 61.0 Å². The van der Waals surface area contributed by atoms with Crippen molar-refractivity contribution in [2.24, 2.45) is 0 Å². The van der Waals surface area contributed by atoms with Crippen molar-refractivity contribution in [3.8, 4) is 0 Å². The highest BCUT2D eigenvalue weighted by Gasteiger charge is 2.52. The number of nitrogens with zero attached hydrogens (tertiary/aromatic N) is 4. The molecule has 0 amide bonds. The van der Waals surface area contributed by atoms with Gasteiger partial charge < -0.3 is 20.1 Å². The van der Waals surface area contributed by atoms with Gasteiger partial charge in [0.25, 0.3) is 0 Å². The summed E-state index contributed by atoms with van der Waals surface area (Å²) in [5, 5.41) is 13.9. The summed E-state index contributed by atoms with van der Waals surface area (Å²) in [7, 11) is -4.18. The molecule has 0 bridgehead atoms. The Bertz CT molecular complexity index is 910. The van der Waals surface area contributed by atoms with Crippen molar-refractivity contribution in [3.63, 3.8) is 0 Å². The third kappa shape index (κ3) is 4.51. The molecule has 3 N–H and O–H groups in total. The quantitative estimate of drug-likeness (QED) is 0.392. The minimum absolute atomic E-state index is 0.140. The number of aliphatic hydroxyl groups excluding tert-OH is 1. The third-order valence-electron chi connectivity index (χ3n) is 5.42. The number of aliphatic hydroxyl groups is 1. The fraction of sp³-hybridized carbons (Fsp3) is 0.722. The summed E-state index contributed by atoms with van der Waals surface area (Å²) in [6, 6.07) is 0. The van der Waals surface area contributed by atoms with Crippen molar-refractivity contribution in [2.75, 3.05) is 18.5 Å². The Morgan fingerprint density at radius 2 is 2.03 bits per heavy atom. The average Bonchev–Trinajstić information content (AvgIpc) is 3.28. The van der Waals surface area contributed by atoms with Gasteiger partial charge in [0.15, 0.2) is 23.2 Å². The fourth-order valence-electron chi connectivity index (χ4n) is 3.85. The molecule has 2 aliphatic rings. The molecule has 2 saturated heterocycles. The van der Waals surface area contributed by atoms with Gasteiger partial charge >= 0.3 is 7.82 Å². The summed E-state index contributed by atoms with van der Waals surface area (Å²) in [4.78, 5) is 22.5. The van der Waals surface area contributed by atoms with Crippen molar-refractivity contribution < 1.29 is 28.3 Å². The summed E-state index contributed by atoms with van der Waals surface area (Å²) in [5.74, 6) is 0.622. The van der Waals surface area contributed by atoms with Gasteiger partial charge in [-0.25, -0.2) is 19.5 Å². The highest BCUT2D eigenvalue weighted by molar-refractivity contribution is 7.47. The van der Waals surface area contributed by atoms with Crippen molar-refractivity contribution in [1.82, 2.24) is 19.5 Å². The molecule has 2 aromatic rings. The number of ether oxygens (including phenoxy) is 1.